The first-order valence-electron chi connectivity index (χ1n) is 4.69. The van der Waals surface area contributed by atoms with Crippen molar-refractivity contribution in [2.45, 2.75) is 19.9 Å². The lowest BCUT2D eigenvalue weighted by atomic mass is 10.1. The number of guanidine groups is 1. The average Bonchev–Trinajstić information content (AvgIpc) is 2.71. The second-order valence-corrected chi connectivity index (χ2v) is 3.49. The van der Waals surface area contributed by atoms with Gasteiger partial charge in [-0.1, -0.05) is 0 Å². The van der Waals surface area contributed by atoms with Crippen LogP contribution in [-0.4, -0.2) is 29.1 Å². The lowest BCUT2D eigenvalue weighted by Crippen LogP contribution is -2.24. The normalized spacial score (nSPS) is 23.0. The van der Waals surface area contributed by atoms with Crippen LogP contribution in [0, 0.1) is 13.8 Å². The molecule has 2 rings (SSSR count). The largest absolute Gasteiger partial charge is 0.340 e. The molecular formula is C9H13N5O. The van der Waals surface area contributed by atoms with E-state index >= 15 is 0 Å². The predicted molar refractivity (Wildman–Crippen MR) is 55.4 cm³/mol. The predicted octanol–water partition coefficient (Wildman–Crippen LogP) is -0.227. The third kappa shape index (κ3) is 1.47. The molecule has 0 saturated carbocycles. The highest BCUT2D eigenvalue weighted by Gasteiger charge is 2.32. The molecule has 2 heterocycles. The molecule has 6 heteroatoms. The van der Waals surface area contributed by atoms with Crippen molar-refractivity contribution in [2.75, 3.05) is 7.05 Å². The minimum Gasteiger partial charge on any atom is -0.340 e. The number of rotatable bonds is 1. The lowest BCUT2D eigenvalue weighted by molar-refractivity contribution is -0.120. The molecule has 1 aromatic rings. The molecular weight excluding hydrogens is 194 g/mol. The van der Waals surface area contributed by atoms with E-state index in [4.69, 9.17) is 0 Å². The van der Waals surface area contributed by atoms with Crippen LogP contribution in [-0.2, 0) is 4.79 Å². The third-order valence-corrected chi connectivity index (χ3v) is 2.48. The zero-order valence-electron chi connectivity index (χ0n) is 8.88. The first-order chi connectivity index (χ1) is 7.13. The highest BCUT2D eigenvalue weighted by atomic mass is 16.2. The topological polar surface area (TPSA) is 82.2 Å². The molecule has 1 aliphatic rings. The number of aromatic nitrogens is 2. The summed E-state index contributed by atoms with van der Waals surface area (Å²) in [7, 11) is 1.63. The summed E-state index contributed by atoms with van der Waals surface area (Å²) in [6.07, 6.45) is 0. The smallest absolute Gasteiger partial charge is 0.254 e. The Labute approximate surface area is 87.2 Å². The van der Waals surface area contributed by atoms with E-state index in [1.807, 2.05) is 13.8 Å². The van der Waals surface area contributed by atoms with Gasteiger partial charge in [-0.25, -0.2) is 0 Å². The molecule has 0 radical (unpaired) electrons. The van der Waals surface area contributed by atoms with Crippen LogP contribution in [0.3, 0.4) is 0 Å². The van der Waals surface area contributed by atoms with Crippen molar-refractivity contribution in [3.05, 3.63) is 17.0 Å². The molecule has 1 unspecified atom stereocenters. The van der Waals surface area contributed by atoms with Gasteiger partial charge in [-0.05, 0) is 13.8 Å². The molecule has 1 amide bonds. The van der Waals surface area contributed by atoms with Gasteiger partial charge in [-0.3, -0.25) is 20.2 Å². The maximum atomic E-state index is 11.7. The molecule has 0 aromatic carbocycles. The summed E-state index contributed by atoms with van der Waals surface area (Å²) < 4.78 is 0. The second kappa shape index (κ2) is 3.38. The molecule has 1 aliphatic heterocycles. The number of hydrogen-bond donors (Lipinski definition) is 3. The first kappa shape index (κ1) is 9.70. The van der Waals surface area contributed by atoms with Crippen LogP contribution in [0.25, 0.3) is 0 Å². The Morgan fingerprint density at radius 3 is 2.60 bits per heavy atom. The molecule has 1 aromatic heterocycles. The highest BCUT2D eigenvalue weighted by Crippen LogP contribution is 2.21. The third-order valence-electron chi connectivity index (χ3n) is 2.48. The van der Waals surface area contributed by atoms with Crippen molar-refractivity contribution in [3.8, 4) is 0 Å². The Morgan fingerprint density at radius 2 is 2.13 bits per heavy atom. The van der Waals surface area contributed by atoms with Crippen LogP contribution in [0.5, 0.6) is 0 Å². The SMILES string of the molecule is CN=C1NC(=O)C(c2c(C)n[nH]c2C)N1. The van der Waals surface area contributed by atoms with E-state index in [0.29, 0.717) is 5.96 Å². The van der Waals surface area contributed by atoms with Crippen molar-refractivity contribution in [1.29, 1.82) is 0 Å². The number of nitrogens with one attached hydrogen (secondary N) is 3. The van der Waals surface area contributed by atoms with Crippen LogP contribution in [0.4, 0.5) is 0 Å². The minimum atomic E-state index is -0.387. The van der Waals surface area contributed by atoms with Gasteiger partial charge in [0.15, 0.2) is 5.96 Å². The van der Waals surface area contributed by atoms with Crippen molar-refractivity contribution >= 4 is 11.9 Å². The van der Waals surface area contributed by atoms with Crippen molar-refractivity contribution < 1.29 is 4.79 Å². The minimum absolute atomic E-state index is 0.0943. The summed E-state index contributed by atoms with van der Waals surface area (Å²) in [5.74, 6) is 0.410. The number of hydrogen-bond acceptors (Lipinski definition) is 3. The van der Waals surface area contributed by atoms with Gasteiger partial charge in [0, 0.05) is 18.3 Å². The second-order valence-electron chi connectivity index (χ2n) is 3.49. The number of nitrogens with zero attached hydrogens (tertiary/aromatic N) is 2. The van der Waals surface area contributed by atoms with Gasteiger partial charge in [0.05, 0.1) is 5.69 Å². The van der Waals surface area contributed by atoms with E-state index in [-0.39, 0.29) is 11.9 Å². The Kier molecular flexibility index (Phi) is 2.18. The zero-order valence-corrected chi connectivity index (χ0v) is 8.88. The number of carbonyl (C=O) groups excluding carboxylic acids is 1. The van der Waals surface area contributed by atoms with Crippen LogP contribution in [0.15, 0.2) is 4.99 Å². The van der Waals surface area contributed by atoms with Crippen LogP contribution < -0.4 is 10.6 Å². The van der Waals surface area contributed by atoms with Gasteiger partial charge in [-0.15, -0.1) is 0 Å². The number of H-pyrrole nitrogens is 1. The first-order valence-corrected chi connectivity index (χ1v) is 4.69. The fraction of sp³-hybridized carbons (Fsp3) is 0.444. The van der Waals surface area contributed by atoms with Crippen molar-refractivity contribution in [2.24, 2.45) is 4.99 Å². The molecule has 0 bridgehead atoms. The van der Waals surface area contributed by atoms with Crippen LogP contribution >= 0.6 is 0 Å². The van der Waals surface area contributed by atoms with E-state index in [0.717, 1.165) is 17.0 Å². The monoisotopic (exact) mass is 207 g/mol. The van der Waals surface area contributed by atoms with Gasteiger partial charge in [-0.2, -0.15) is 5.10 Å². The number of aromatic amines is 1. The molecule has 0 spiro atoms. The molecule has 0 aliphatic carbocycles. The highest BCUT2D eigenvalue weighted by molar-refractivity contribution is 6.06. The lowest BCUT2D eigenvalue weighted by Gasteiger charge is -2.07. The van der Waals surface area contributed by atoms with Gasteiger partial charge >= 0.3 is 0 Å². The molecule has 1 saturated heterocycles. The summed E-state index contributed by atoms with van der Waals surface area (Å²) >= 11 is 0. The van der Waals surface area contributed by atoms with Crippen molar-refractivity contribution in [1.82, 2.24) is 20.8 Å². The Morgan fingerprint density at radius 1 is 1.40 bits per heavy atom. The van der Waals surface area contributed by atoms with E-state index < -0.39 is 0 Å². The Hall–Kier alpha value is -1.85. The standard InChI is InChI=1S/C9H13N5O/c1-4-6(5(2)14-13-4)7-8(15)12-9(10-3)11-7/h7H,1-3H3,(H,13,14)(H2,10,11,12,15). The Balaban J connectivity index is 2.37. The number of aryl methyl sites for hydroxylation is 2. The summed E-state index contributed by atoms with van der Waals surface area (Å²) in [6.45, 7) is 3.76. The molecule has 6 nitrogen and oxygen atoms in total. The summed E-state index contributed by atoms with van der Waals surface area (Å²) in [4.78, 5) is 15.6. The number of aliphatic imine (C=N–C) groups is 1. The van der Waals surface area contributed by atoms with Gasteiger partial charge < -0.3 is 5.32 Å². The molecule has 1 atom stereocenters. The molecule has 1 fully saturated rings. The Bertz CT molecular complexity index is 414. The van der Waals surface area contributed by atoms with E-state index in [9.17, 15) is 4.79 Å². The fourth-order valence-corrected chi connectivity index (χ4v) is 1.74. The van der Waals surface area contributed by atoms with Crippen molar-refractivity contribution in [3.63, 3.8) is 0 Å². The maximum absolute atomic E-state index is 11.7. The van der Waals surface area contributed by atoms with Gasteiger partial charge in [0.2, 0.25) is 0 Å². The average molecular weight is 207 g/mol. The molecule has 80 valence electrons. The van der Waals surface area contributed by atoms with E-state index in [2.05, 4.69) is 25.8 Å². The van der Waals surface area contributed by atoms with Gasteiger partial charge in [0.1, 0.15) is 6.04 Å². The number of amides is 1. The fourth-order valence-electron chi connectivity index (χ4n) is 1.74. The summed E-state index contributed by atoms with van der Waals surface area (Å²) in [5, 5.41) is 12.6. The van der Waals surface area contributed by atoms with Crippen LogP contribution in [0.1, 0.15) is 23.0 Å². The van der Waals surface area contributed by atoms with E-state index in [1.54, 1.807) is 7.05 Å². The summed E-state index contributed by atoms with van der Waals surface area (Å²) in [5.41, 5.74) is 2.63. The molecule has 15 heavy (non-hydrogen) atoms. The van der Waals surface area contributed by atoms with Crippen LogP contribution in [0.2, 0.25) is 0 Å². The summed E-state index contributed by atoms with van der Waals surface area (Å²) in [6, 6.07) is -0.387. The van der Waals surface area contributed by atoms with Gasteiger partial charge in [0.25, 0.3) is 5.91 Å². The van der Waals surface area contributed by atoms with E-state index in [1.165, 1.54) is 0 Å². The maximum Gasteiger partial charge on any atom is 0.254 e. The zero-order chi connectivity index (χ0) is 11.0. The molecule has 3 N–H and O–H groups in total. The quantitative estimate of drug-likeness (QED) is 0.595. The number of carbonyl (C=O) groups is 1.